The Morgan fingerprint density at radius 3 is 2.50 bits per heavy atom. The molecule has 12 heavy (non-hydrogen) atoms. The summed E-state index contributed by atoms with van der Waals surface area (Å²) in [4.78, 5) is 0. The maximum atomic E-state index is 3.79. The molecule has 0 fully saturated rings. The van der Waals surface area contributed by atoms with Crippen molar-refractivity contribution >= 4 is 13.2 Å². The average Bonchev–Trinajstić information content (AvgIpc) is 2.15. The van der Waals surface area contributed by atoms with Crippen LogP contribution in [-0.4, -0.2) is 12.3 Å². The second-order valence-corrected chi connectivity index (χ2v) is 5.26. The first-order valence-corrected chi connectivity index (χ1v) is 6.00. The van der Waals surface area contributed by atoms with Gasteiger partial charge in [-0.2, -0.15) is 0 Å². The third kappa shape index (κ3) is 2.46. The fourth-order valence-corrected chi connectivity index (χ4v) is 2.95. The van der Waals surface area contributed by atoms with Gasteiger partial charge in [0, 0.05) is 0 Å². The molecule has 0 aliphatic rings. The lowest BCUT2D eigenvalue weighted by atomic mass is 10.4. The van der Waals surface area contributed by atoms with Gasteiger partial charge in [0.1, 0.15) is 0 Å². The van der Waals surface area contributed by atoms with E-state index < -0.39 is 0 Å². The Morgan fingerprint density at radius 1 is 1.33 bits per heavy atom. The lowest BCUT2D eigenvalue weighted by Gasteiger charge is -2.12. The largest absolute Gasteiger partial charge is 0.103 e. The van der Waals surface area contributed by atoms with Gasteiger partial charge in [0.25, 0.3) is 0 Å². The summed E-state index contributed by atoms with van der Waals surface area (Å²) in [7, 11) is 0.0283. The fourth-order valence-electron chi connectivity index (χ4n) is 1.21. The summed E-state index contributed by atoms with van der Waals surface area (Å²) in [5, 5.41) is 1.50. The van der Waals surface area contributed by atoms with E-state index in [0.29, 0.717) is 0 Å². The molecule has 0 spiro atoms. The molecule has 0 aliphatic heterocycles. The lowest BCUT2D eigenvalue weighted by molar-refractivity contribution is 1.48. The molecule has 0 amide bonds. The summed E-state index contributed by atoms with van der Waals surface area (Å²) >= 11 is 0. The van der Waals surface area contributed by atoms with Gasteiger partial charge in [-0.3, -0.25) is 0 Å². The number of benzene rings is 1. The maximum Gasteiger partial charge on any atom is -0.0107 e. The molecule has 1 rings (SSSR count). The number of hydrogen-bond donors (Lipinski definition) is 0. The fraction of sp³-hybridized carbons (Fsp3) is 0.273. The summed E-state index contributed by atoms with van der Waals surface area (Å²) in [5.41, 5.74) is 0. The summed E-state index contributed by atoms with van der Waals surface area (Å²) in [6.45, 7) is 6.04. The molecule has 1 heteroatoms. The first kappa shape index (κ1) is 9.48. The van der Waals surface area contributed by atoms with E-state index in [2.05, 4.69) is 43.8 Å². The van der Waals surface area contributed by atoms with E-state index in [1.807, 2.05) is 6.08 Å². The quantitative estimate of drug-likeness (QED) is 0.491. The number of hydrogen-bond acceptors (Lipinski definition) is 0. The van der Waals surface area contributed by atoms with E-state index in [0.717, 1.165) is 6.16 Å². The van der Waals surface area contributed by atoms with E-state index in [-0.39, 0.29) is 7.92 Å². The van der Waals surface area contributed by atoms with Crippen molar-refractivity contribution in [3.05, 3.63) is 43.0 Å². The predicted molar refractivity (Wildman–Crippen MR) is 58.6 cm³/mol. The Labute approximate surface area is 76.1 Å². The van der Waals surface area contributed by atoms with Gasteiger partial charge in [0.2, 0.25) is 0 Å². The molecule has 0 aliphatic carbocycles. The van der Waals surface area contributed by atoms with Crippen LogP contribution in [0.5, 0.6) is 0 Å². The van der Waals surface area contributed by atoms with Gasteiger partial charge in [0.05, 0.1) is 0 Å². The van der Waals surface area contributed by atoms with E-state index in [9.17, 15) is 0 Å². The summed E-state index contributed by atoms with van der Waals surface area (Å²) in [5.74, 6) is 0. The van der Waals surface area contributed by atoms with Crippen LogP contribution in [0.4, 0.5) is 0 Å². The summed E-state index contributed by atoms with van der Waals surface area (Å²) < 4.78 is 0. The normalized spacial score (nSPS) is 12.4. The summed E-state index contributed by atoms with van der Waals surface area (Å²) in [6, 6.07) is 10.7. The molecular weight excluding hydrogens is 163 g/mol. The third-order valence-electron chi connectivity index (χ3n) is 1.85. The van der Waals surface area contributed by atoms with Gasteiger partial charge in [-0.15, -0.1) is 6.58 Å². The molecule has 1 atom stereocenters. The molecule has 0 N–H and O–H groups in total. The second kappa shape index (κ2) is 5.11. The smallest absolute Gasteiger partial charge is 0.0107 e. The van der Waals surface area contributed by atoms with Crippen LogP contribution in [0.1, 0.15) is 6.92 Å². The average molecular weight is 178 g/mol. The van der Waals surface area contributed by atoms with Gasteiger partial charge < -0.3 is 0 Å². The first-order chi connectivity index (χ1) is 5.88. The van der Waals surface area contributed by atoms with Gasteiger partial charge in [-0.25, -0.2) is 0 Å². The molecule has 0 bridgehead atoms. The topological polar surface area (TPSA) is 0 Å². The molecule has 1 aromatic rings. The van der Waals surface area contributed by atoms with Crippen LogP contribution in [0, 0.1) is 0 Å². The minimum atomic E-state index is 0.0283. The Hall–Kier alpha value is -0.610. The Bertz CT molecular complexity index is 228. The molecule has 0 radical (unpaired) electrons. The SMILES string of the molecule is C=CCP(CC)c1ccccc1. The molecule has 0 nitrogen and oxygen atoms in total. The van der Waals surface area contributed by atoms with Crippen LogP contribution in [0.2, 0.25) is 0 Å². The van der Waals surface area contributed by atoms with Crippen LogP contribution in [0.3, 0.4) is 0 Å². The zero-order valence-corrected chi connectivity index (χ0v) is 8.43. The lowest BCUT2D eigenvalue weighted by Crippen LogP contribution is -2.02. The number of allylic oxidation sites excluding steroid dienone is 1. The molecule has 1 aromatic carbocycles. The molecule has 0 saturated carbocycles. The zero-order chi connectivity index (χ0) is 8.81. The van der Waals surface area contributed by atoms with Crippen molar-refractivity contribution in [2.24, 2.45) is 0 Å². The molecule has 0 heterocycles. The molecule has 0 aromatic heterocycles. The first-order valence-electron chi connectivity index (χ1n) is 4.29. The Balaban J connectivity index is 2.72. The predicted octanol–water partition coefficient (Wildman–Crippen LogP) is 3.00. The highest BCUT2D eigenvalue weighted by atomic mass is 31.1. The number of rotatable bonds is 4. The Kier molecular flexibility index (Phi) is 4.04. The van der Waals surface area contributed by atoms with Gasteiger partial charge in [-0.05, 0) is 17.6 Å². The zero-order valence-electron chi connectivity index (χ0n) is 7.53. The van der Waals surface area contributed by atoms with Crippen molar-refractivity contribution in [3.63, 3.8) is 0 Å². The highest BCUT2D eigenvalue weighted by molar-refractivity contribution is 7.65. The van der Waals surface area contributed by atoms with Crippen molar-refractivity contribution < 1.29 is 0 Å². The van der Waals surface area contributed by atoms with Crippen molar-refractivity contribution in [2.75, 3.05) is 12.3 Å². The Morgan fingerprint density at radius 2 is 2.00 bits per heavy atom. The van der Waals surface area contributed by atoms with Crippen molar-refractivity contribution in [1.29, 1.82) is 0 Å². The van der Waals surface area contributed by atoms with Crippen LogP contribution in [0.25, 0.3) is 0 Å². The maximum absolute atomic E-state index is 3.79. The van der Waals surface area contributed by atoms with E-state index in [4.69, 9.17) is 0 Å². The van der Waals surface area contributed by atoms with Crippen LogP contribution >= 0.6 is 7.92 Å². The van der Waals surface area contributed by atoms with Crippen LogP contribution < -0.4 is 5.30 Å². The summed E-state index contributed by atoms with van der Waals surface area (Å²) in [6.07, 6.45) is 4.43. The minimum absolute atomic E-state index is 0.0283. The highest BCUT2D eigenvalue weighted by Gasteiger charge is 2.04. The second-order valence-electron chi connectivity index (χ2n) is 2.66. The molecule has 64 valence electrons. The van der Waals surface area contributed by atoms with E-state index in [1.54, 1.807) is 0 Å². The molecule has 0 saturated heterocycles. The van der Waals surface area contributed by atoms with Gasteiger partial charge in [0.15, 0.2) is 0 Å². The van der Waals surface area contributed by atoms with E-state index in [1.165, 1.54) is 11.5 Å². The highest BCUT2D eigenvalue weighted by Crippen LogP contribution is 2.33. The molecular formula is C11H15P. The standard InChI is InChI=1S/C11H15P/c1-3-10-12(4-2)11-8-6-5-7-9-11/h3,5-9H,1,4,10H2,2H3. The monoisotopic (exact) mass is 178 g/mol. The van der Waals surface area contributed by atoms with Crippen molar-refractivity contribution in [3.8, 4) is 0 Å². The van der Waals surface area contributed by atoms with Crippen molar-refractivity contribution in [2.45, 2.75) is 6.92 Å². The van der Waals surface area contributed by atoms with E-state index >= 15 is 0 Å². The minimum Gasteiger partial charge on any atom is -0.103 e. The van der Waals surface area contributed by atoms with Crippen molar-refractivity contribution in [1.82, 2.24) is 0 Å². The van der Waals surface area contributed by atoms with Crippen LogP contribution in [0.15, 0.2) is 43.0 Å². The van der Waals surface area contributed by atoms with Gasteiger partial charge >= 0.3 is 0 Å². The van der Waals surface area contributed by atoms with Gasteiger partial charge in [-0.1, -0.05) is 51.3 Å². The van der Waals surface area contributed by atoms with Crippen LogP contribution in [-0.2, 0) is 0 Å². The molecule has 1 unspecified atom stereocenters. The third-order valence-corrected chi connectivity index (χ3v) is 4.34.